The standard InChI is InChI=1S/C19H13Br4O2P/c20-12-6-14(22)18(24)16(8-12)26(10-11-4-2-1-3-5-11)17-9-13(21)7-15(23)19(17)25/h1-9,24-25H,10H2. The molecule has 0 heterocycles. The van der Waals surface area contributed by atoms with E-state index in [9.17, 15) is 10.2 Å². The molecule has 0 atom stereocenters. The fraction of sp³-hybridized carbons (Fsp3) is 0.0526. The molecule has 3 aromatic carbocycles. The van der Waals surface area contributed by atoms with Crippen molar-refractivity contribution in [2.24, 2.45) is 0 Å². The fourth-order valence-corrected chi connectivity index (χ4v) is 8.21. The Morgan fingerprint density at radius 2 is 1.15 bits per heavy atom. The Morgan fingerprint density at radius 3 is 1.62 bits per heavy atom. The number of rotatable bonds is 4. The van der Waals surface area contributed by atoms with Crippen LogP contribution in [0.5, 0.6) is 11.5 Å². The van der Waals surface area contributed by atoms with Crippen molar-refractivity contribution in [2.45, 2.75) is 6.16 Å². The fourth-order valence-electron chi connectivity index (χ4n) is 2.58. The van der Waals surface area contributed by atoms with E-state index in [0.717, 1.165) is 25.1 Å². The SMILES string of the molecule is Oc1c(Br)cc(Br)cc1P(Cc1ccccc1)c1cc(Br)cc(Br)c1O. The van der Waals surface area contributed by atoms with Gasteiger partial charge < -0.3 is 10.2 Å². The van der Waals surface area contributed by atoms with E-state index in [1.807, 2.05) is 42.5 Å². The molecule has 0 aliphatic carbocycles. The molecule has 0 aromatic heterocycles. The Morgan fingerprint density at radius 1 is 0.692 bits per heavy atom. The molecule has 0 aliphatic heterocycles. The van der Waals surface area contributed by atoms with Crippen LogP contribution in [0.4, 0.5) is 0 Å². The maximum atomic E-state index is 10.7. The van der Waals surface area contributed by atoms with Crippen molar-refractivity contribution in [3.8, 4) is 11.5 Å². The van der Waals surface area contributed by atoms with E-state index >= 15 is 0 Å². The molecular weight excluding hydrogens is 611 g/mol. The Kier molecular flexibility index (Phi) is 6.84. The first kappa shape index (κ1) is 20.3. The van der Waals surface area contributed by atoms with Crippen LogP contribution in [0, 0.1) is 0 Å². The van der Waals surface area contributed by atoms with Crippen LogP contribution in [-0.4, -0.2) is 10.2 Å². The zero-order valence-corrected chi connectivity index (χ0v) is 20.5. The highest BCUT2D eigenvalue weighted by Gasteiger charge is 2.24. The largest absolute Gasteiger partial charge is 0.506 e. The van der Waals surface area contributed by atoms with Crippen molar-refractivity contribution >= 4 is 82.3 Å². The summed E-state index contributed by atoms with van der Waals surface area (Å²) >= 11 is 13.9. The molecule has 0 aliphatic rings. The molecule has 0 bridgehead atoms. The van der Waals surface area contributed by atoms with Crippen molar-refractivity contribution in [1.29, 1.82) is 0 Å². The van der Waals surface area contributed by atoms with Gasteiger partial charge in [-0.3, -0.25) is 0 Å². The zero-order chi connectivity index (χ0) is 18.8. The van der Waals surface area contributed by atoms with Gasteiger partial charge in [-0.2, -0.15) is 0 Å². The van der Waals surface area contributed by atoms with Crippen molar-refractivity contribution in [3.05, 3.63) is 78.1 Å². The van der Waals surface area contributed by atoms with Gasteiger partial charge in [0.05, 0.1) is 8.95 Å². The molecule has 3 aromatic rings. The lowest BCUT2D eigenvalue weighted by Crippen LogP contribution is -2.15. The van der Waals surface area contributed by atoms with Gasteiger partial charge in [0.15, 0.2) is 0 Å². The molecule has 0 radical (unpaired) electrons. The van der Waals surface area contributed by atoms with Gasteiger partial charge in [0.1, 0.15) is 11.5 Å². The molecule has 2 N–H and O–H groups in total. The van der Waals surface area contributed by atoms with Gasteiger partial charge in [-0.05, 0) is 69.6 Å². The molecule has 0 fully saturated rings. The zero-order valence-electron chi connectivity index (χ0n) is 13.3. The van der Waals surface area contributed by atoms with E-state index in [2.05, 4.69) is 75.9 Å². The number of phenolic OH excluding ortho intramolecular Hbond substituents is 2. The summed E-state index contributed by atoms with van der Waals surface area (Å²) in [6.07, 6.45) is 0.697. The van der Waals surface area contributed by atoms with Crippen LogP contribution in [0.2, 0.25) is 0 Å². The third kappa shape index (κ3) is 4.53. The monoisotopic (exact) mass is 620 g/mol. The number of aromatic hydroxyl groups is 2. The van der Waals surface area contributed by atoms with Gasteiger partial charge in [0.2, 0.25) is 0 Å². The molecule has 2 nitrogen and oxygen atoms in total. The molecule has 134 valence electrons. The lowest BCUT2D eigenvalue weighted by molar-refractivity contribution is 0.475. The van der Waals surface area contributed by atoms with Crippen molar-refractivity contribution < 1.29 is 10.2 Å². The Labute approximate surface area is 186 Å². The first-order chi connectivity index (χ1) is 12.4. The van der Waals surface area contributed by atoms with E-state index < -0.39 is 7.92 Å². The van der Waals surface area contributed by atoms with Gasteiger partial charge in [-0.1, -0.05) is 62.2 Å². The molecule has 0 amide bonds. The predicted octanol–water partition coefficient (Wildman–Crippen LogP) is 6.78. The normalized spacial score (nSPS) is 11.1. The lowest BCUT2D eigenvalue weighted by Gasteiger charge is -2.22. The second-order valence-electron chi connectivity index (χ2n) is 5.58. The van der Waals surface area contributed by atoms with E-state index in [-0.39, 0.29) is 11.5 Å². The molecule has 0 unspecified atom stereocenters. The summed E-state index contributed by atoms with van der Waals surface area (Å²) in [6, 6.07) is 17.6. The lowest BCUT2D eigenvalue weighted by atomic mass is 10.2. The van der Waals surface area contributed by atoms with Crippen LogP contribution in [0.25, 0.3) is 0 Å². The first-order valence-corrected chi connectivity index (χ1v) is 12.2. The summed E-state index contributed by atoms with van der Waals surface area (Å²) < 4.78 is 2.98. The number of hydrogen-bond acceptors (Lipinski definition) is 2. The average molecular weight is 624 g/mol. The third-order valence-corrected chi connectivity index (χ3v) is 8.43. The minimum Gasteiger partial charge on any atom is -0.506 e. The maximum absolute atomic E-state index is 10.7. The number of hydrogen-bond donors (Lipinski definition) is 2. The highest BCUT2D eigenvalue weighted by atomic mass is 79.9. The molecule has 3 rings (SSSR count). The minimum atomic E-state index is -1.05. The highest BCUT2D eigenvalue weighted by Crippen LogP contribution is 2.47. The molecule has 7 heteroatoms. The second kappa shape index (κ2) is 8.74. The molecule has 0 spiro atoms. The maximum Gasteiger partial charge on any atom is 0.137 e. The van der Waals surface area contributed by atoms with E-state index in [1.54, 1.807) is 0 Å². The minimum absolute atomic E-state index is 0.200. The van der Waals surface area contributed by atoms with Gasteiger partial charge >= 0.3 is 0 Å². The number of benzene rings is 3. The highest BCUT2D eigenvalue weighted by molar-refractivity contribution is 9.11. The molecule has 0 saturated heterocycles. The summed E-state index contributed by atoms with van der Waals surface area (Å²) in [6.45, 7) is 0. The van der Waals surface area contributed by atoms with Gasteiger partial charge in [0, 0.05) is 25.7 Å². The quantitative estimate of drug-likeness (QED) is 0.315. The molecule has 0 saturated carbocycles. The number of halogens is 4. The second-order valence-corrected chi connectivity index (χ2v) is 11.3. The van der Waals surface area contributed by atoms with E-state index in [1.165, 1.54) is 0 Å². The predicted molar refractivity (Wildman–Crippen MR) is 123 cm³/mol. The Balaban J connectivity index is 2.21. The summed E-state index contributed by atoms with van der Waals surface area (Å²) in [5.41, 5.74) is 1.14. The molecule has 26 heavy (non-hydrogen) atoms. The summed E-state index contributed by atoms with van der Waals surface area (Å²) in [7, 11) is -1.05. The van der Waals surface area contributed by atoms with Crippen LogP contribution in [0.3, 0.4) is 0 Å². The Hall–Kier alpha value is -0.390. The average Bonchev–Trinajstić information content (AvgIpc) is 2.60. The van der Waals surface area contributed by atoms with Crippen LogP contribution < -0.4 is 10.6 Å². The van der Waals surface area contributed by atoms with Gasteiger partial charge in [-0.25, -0.2) is 0 Å². The first-order valence-electron chi connectivity index (χ1n) is 7.54. The summed E-state index contributed by atoms with van der Waals surface area (Å²) in [5, 5.41) is 23.0. The summed E-state index contributed by atoms with van der Waals surface area (Å²) in [5.74, 6) is 0.400. The van der Waals surface area contributed by atoms with Crippen molar-refractivity contribution in [1.82, 2.24) is 0 Å². The van der Waals surface area contributed by atoms with Crippen LogP contribution in [0.15, 0.2) is 72.5 Å². The van der Waals surface area contributed by atoms with Crippen LogP contribution >= 0.6 is 71.6 Å². The Bertz CT molecular complexity index is 891. The van der Waals surface area contributed by atoms with E-state index in [4.69, 9.17) is 0 Å². The summed E-state index contributed by atoms with van der Waals surface area (Å²) in [4.78, 5) is 0. The topological polar surface area (TPSA) is 40.5 Å². The molecular formula is C19H13Br4O2P. The van der Waals surface area contributed by atoms with E-state index in [0.29, 0.717) is 15.1 Å². The smallest absolute Gasteiger partial charge is 0.137 e. The third-order valence-electron chi connectivity index (χ3n) is 3.78. The van der Waals surface area contributed by atoms with Crippen molar-refractivity contribution in [2.75, 3.05) is 0 Å². The van der Waals surface area contributed by atoms with Crippen molar-refractivity contribution in [3.63, 3.8) is 0 Å². The number of phenols is 2. The van der Waals surface area contributed by atoms with Crippen LogP contribution in [0.1, 0.15) is 5.56 Å². The van der Waals surface area contributed by atoms with Gasteiger partial charge in [0.25, 0.3) is 0 Å². The van der Waals surface area contributed by atoms with Crippen LogP contribution in [-0.2, 0) is 6.16 Å². The van der Waals surface area contributed by atoms with Gasteiger partial charge in [-0.15, -0.1) is 0 Å².